The lowest BCUT2D eigenvalue weighted by atomic mass is 10.00. The van der Waals surface area contributed by atoms with Gasteiger partial charge >= 0.3 is 0 Å². The van der Waals surface area contributed by atoms with Crippen LogP contribution >= 0.6 is 0 Å². The zero-order valence-corrected chi connectivity index (χ0v) is 20.1. The number of likely N-dealkylation sites (tertiary alicyclic amines) is 2. The second-order valence-corrected chi connectivity index (χ2v) is 9.89. The van der Waals surface area contributed by atoms with E-state index in [-0.39, 0.29) is 7.43 Å². The topological polar surface area (TPSA) is 30.5 Å². The number of nitrogens with one attached hydrogen (secondary N) is 2. The molecule has 0 aromatic carbocycles. The average Bonchev–Trinajstić information content (AvgIpc) is 3.31. The Labute approximate surface area is 184 Å². The summed E-state index contributed by atoms with van der Waals surface area (Å²) in [5, 5.41) is 6.63. The fourth-order valence-corrected chi connectivity index (χ4v) is 4.04. The molecule has 0 amide bonds. The molecule has 2 unspecified atom stereocenters. The van der Waals surface area contributed by atoms with Gasteiger partial charge < -0.3 is 20.4 Å². The molecule has 0 saturated carbocycles. The Morgan fingerprint density at radius 3 is 1.48 bits per heavy atom. The first-order chi connectivity index (χ1) is 13.4. The number of piperidine rings is 2. The number of hydrogen-bond donors (Lipinski definition) is 2. The van der Waals surface area contributed by atoms with Crippen LogP contribution in [0.15, 0.2) is 0 Å². The molecule has 4 nitrogen and oxygen atoms in total. The SMILES string of the molecule is C.CC1CCCN1.CC1CCCN1C.CC1CCN(C)CC1.CC1CCNCC1. The molecule has 2 atom stereocenters. The van der Waals surface area contributed by atoms with E-state index in [1.807, 2.05) is 0 Å². The van der Waals surface area contributed by atoms with Gasteiger partial charge in [0.05, 0.1) is 0 Å². The van der Waals surface area contributed by atoms with Gasteiger partial charge in [-0.1, -0.05) is 21.3 Å². The Balaban J connectivity index is 0.000000358. The van der Waals surface area contributed by atoms with Crippen molar-refractivity contribution in [2.75, 3.05) is 53.4 Å². The predicted molar refractivity (Wildman–Crippen MR) is 132 cm³/mol. The molecule has 4 rings (SSSR count). The van der Waals surface area contributed by atoms with Crippen molar-refractivity contribution in [2.24, 2.45) is 11.8 Å². The van der Waals surface area contributed by atoms with Gasteiger partial charge in [0.1, 0.15) is 0 Å². The molecule has 4 heteroatoms. The molecule has 0 aliphatic carbocycles. The third-order valence-corrected chi connectivity index (χ3v) is 6.83. The average molecular weight is 413 g/mol. The smallest absolute Gasteiger partial charge is 0.00643 e. The first-order valence-corrected chi connectivity index (χ1v) is 12.2. The largest absolute Gasteiger partial charge is 0.317 e. The summed E-state index contributed by atoms with van der Waals surface area (Å²) in [6.07, 6.45) is 11.1. The predicted octanol–water partition coefficient (Wildman–Crippen LogP) is 4.85. The second kappa shape index (κ2) is 17.5. The van der Waals surface area contributed by atoms with Crippen LogP contribution in [0.5, 0.6) is 0 Å². The van der Waals surface area contributed by atoms with E-state index in [0.29, 0.717) is 0 Å². The molecule has 4 fully saturated rings. The van der Waals surface area contributed by atoms with Crippen molar-refractivity contribution in [2.45, 2.75) is 98.6 Å². The summed E-state index contributed by atoms with van der Waals surface area (Å²) in [7, 11) is 4.39. The van der Waals surface area contributed by atoms with Crippen LogP contribution in [-0.4, -0.2) is 75.2 Å². The normalized spacial score (nSPS) is 28.8. The quantitative estimate of drug-likeness (QED) is 0.595. The Bertz CT molecular complexity index is 325. The third-order valence-electron chi connectivity index (χ3n) is 6.83. The molecule has 2 N–H and O–H groups in total. The molecule has 0 aromatic heterocycles. The van der Waals surface area contributed by atoms with Crippen molar-refractivity contribution < 1.29 is 0 Å². The van der Waals surface area contributed by atoms with Crippen LogP contribution in [0.4, 0.5) is 0 Å². The van der Waals surface area contributed by atoms with Crippen LogP contribution in [0.25, 0.3) is 0 Å². The number of rotatable bonds is 0. The van der Waals surface area contributed by atoms with Crippen LogP contribution < -0.4 is 10.6 Å². The van der Waals surface area contributed by atoms with Gasteiger partial charge in [-0.2, -0.15) is 0 Å². The highest BCUT2D eigenvalue weighted by Gasteiger charge is 2.14. The monoisotopic (exact) mass is 412 g/mol. The second-order valence-electron chi connectivity index (χ2n) is 9.89. The summed E-state index contributed by atoms with van der Waals surface area (Å²) in [5.74, 6) is 1.95. The molecule has 4 aliphatic rings. The van der Waals surface area contributed by atoms with Gasteiger partial charge in [0.25, 0.3) is 0 Å². The van der Waals surface area contributed by atoms with Crippen molar-refractivity contribution in [1.82, 2.24) is 20.4 Å². The summed E-state index contributed by atoms with van der Waals surface area (Å²) in [6.45, 7) is 16.8. The van der Waals surface area contributed by atoms with Crippen molar-refractivity contribution in [3.8, 4) is 0 Å². The highest BCUT2D eigenvalue weighted by molar-refractivity contribution is 4.70. The van der Waals surface area contributed by atoms with E-state index < -0.39 is 0 Å². The maximum atomic E-state index is 3.32. The van der Waals surface area contributed by atoms with Crippen LogP contribution in [0.1, 0.15) is 86.5 Å². The van der Waals surface area contributed by atoms with E-state index in [1.165, 1.54) is 90.6 Å². The molecule has 4 saturated heterocycles. The fraction of sp³-hybridized carbons (Fsp3) is 1.00. The Morgan fingerprint density at radius 2 is 1.24 bits per heavy atom. The lowest BCUT2D eigenvalue weighted by molar-refractivity contribution is 0.230. The fourth-order valence-electron chi connectivity index (χ4n) is 4.04. The van der Waals surface area contributed by atoms with E-state index in [0.717, 1.165) is 23.9 Å². The highest BCUT2D eigenvalue weighted by atomic mass is 15.1. The lowest BCUT2D eigenvalue weighted by Crippen LogP contribution is -2.28. The van der Waals surface area contributed by atoms with Crippen molar-refractivity contribution in [3.63, 3.8) is 0 Å². The van der Waals surface area contributed by atoms with Crippen molar-refractivity contribution in [3.05, 3.63) is 0 Å². The van der Waals surface area contributed by atoms with Crippen molar-refractivity contribution in [1.29, 1.82) is 0 Å². The first kappa shape index (κ1) is 28.8. The maximum Gasteiger partial charge on any atom is 0.00643 e. The lowest BCUT2D eigenvalue weighted by Gasteiger charge is -2.26. The Kier molecular flexibility index (Phi) is 17.4. The first-order valence-electron chi connectivity index (χ1n) is 12.2. The molecular weight excluding hydrogens is 356 g/mol. The van der Waals surface area contributed by atoms with E-state index >= 15 is 0 Å². The summed E-state index contributed by atoms with van der Waals surface area (Å²) >= 11 is 0. The molecule has 0 bridgehead atoms. The van der Waals surface area contributed by atoms with E-state index in [9.17, 15) is 0 Å². The summed E-state index contributed by atoms with van der Waals surface area (Å²) in [5.41, 5.74) is 0. The molecule has 0 radical (unpaired) electrons. The summed E-state index contributed by atoms with van der Waals surface area (Å²) in [6, 6.07) is 1.64. The number of hydrogen-bond acceptors (Lipinski definition) is 4. The van der Waals surface area contributed by atoms with E-state index in [4.69, 9.17) is 0 Å². The van der Waals surface area contributed by atoms with Gasteiger partial charge in [0.2, 0.25) is 0 Å². The van der Waals surface area contributed by atoms with Crippen LogP contribution in [0.3, 0.4) is 0 Å². The summed E-state index contributed by atoms with van der Waals surface area (Å²) in [4.78, 5) is 4.81. The molecule has 176 valence electrons. The van der Waals surface area contributed by atoms with Gasteiger partial charge in [0, 0.05) is 12.1 Å². The van der Waals surface area contributed by atoms with E-state index in [1.54, 1.807) is 0 Å². The minimum absolute atomic E-state index is 0. The van der Waals surface area contributed by atoms with Crippen LogP contribution in [-0.2, 0) is 0 Å². The zero-order chi connectivity index (χ0) is 20.8. The standard InChI is InChI=1S/C7H15N.2C6H13N.C5H11N.CH4/c1-7-3-5-8(2)6-4-7;1-6-4-3-5-7(6)2;1-6-2-4-7-5-3-6;1-5-3-2-4-6-5;/h7H,3-6H2,1-2H3;6H,3-5H2,1-2H3;6-7H,2-5H2,1H3;5-6H,2-4H2,1H3;1H4. The molecule has 0 aromatic rings. The molecule has 4 aliphatic heterocycles. The van der Waals surface area contributed by atoms with Gasteiger partial charge in [-0.05, 0) is 130 Å². The maximum absolute atomic E-state index is 3.32. The number of nitrogens with zero attached hydrogens (tertiary/aromatic N) is 2. The van der Waals surface area contributed by atoms with E-state index in [2.05, 4.69) is 62.2 Å². The Morgan fingerprint density at radius 1 is 0.655 bits per heavy atom. The minimum Gasteiger partial charge on any atom is -0.317 e. The van der Waals surface area contributed by atoms with Gasteiger partial charge in [0.15, 0.2) is 0 Å². The van der Waals surface area contributed by atoms with Gasteiger partial charge in [-0.3, -0.25) is 0 Å². The molecular formula is C25H56N4. The summed E-state index contributed by atoms with van der Waals surface area (Å²) < 4.78 is 0. The minimum atomic E-state index is 0. The zero-order valence-electron chi connectivity index (χ0n) is 20.1. The van der Waals surface area contributed by atoms with Crippen LogP contribution in [0.2, 0.25) is 0 Å². The van der Waals surface area contributed by atoms with Crippen LogP contribution in [0, 0.1) is 11.8 Å². The Hall–Kier alpha value is -0.160. The third kappa shape index (κ3) is 15.3. The molecule has 0 spiro atoms. The molecule has 29 heavy (non-hydrogen) atoms. The van der Waals surface area contributed by atoms with Crippen molar-refractivity contribution >= 4 is 0 Å². The van der Waals surface area contributed by atoms with Gasteiger partial charge in [-0.15, -0.1) is 0 Å². The van der Waals surface area contributed by atoms with Gasteiger partial charge in [-0.25, -0.2) is 0 Å². The molecule has 4 heterocycles. The highest BCUT2D eigenvalue weighted by Crippen LogP contribution is 2.14.